The van der Waals surface area contributed by atoms with Crippen LogP contribution in [0.25, 0.3) is 0 Å². The molecular weight excluding hydrogens is 937 g/mol. The van der Waals surface area contributed by atoms with Crippen LogP contribution in [0.1, 0.15) is 335 Å². The molecule has 1 atom stereocenters. The minimum absolute atomic E-state index is 0.0813. The fraction of sp³-hybridized carbons (Fsp3) is 0.786. The summed E-state index contributed by atoms with van der Waals surface area (Å²) < 4.78 is 16.9. The molecule has 6 nitrogen and oxygen atoms in total. The molecule has 1 unspecified atom stereocenters. The Balaban J connectivity index is 4.31. The molecule has 0 aromatic carbocycles. The highest BCUT2D eigenvalue weighted by atomic mass is 16.6. The maximum absolute atomic E-state index is 12.9. The van der Waals surface area contributed by atoms with Crippen LogP contribution < -0.4 is 0 Å². The van der Waals surface area contributed by atoms with Crippen LogP contribution in [-0.2, 0) is 28.6 Å². The Morgan fingerprint density at radius 1 is 0.263 bits per heavy atom. The van der Waals surface area contributed by atoms with E-state index in [9.17, 15) is 14.4 Å². The van der Waals surface area contributed by atoms with E-state index in [-0.39, 0.29) is 31.1 Å². The molecular formula is C70H124O6. The lowest BCUT2D eigenvalue weighted by Gasteiger charge is -2.18. The number of allylic oxidation sites excluding steroid dienone is 12. The summed E-state index contributed by atoms with van der Waals surface area (Å²) in [6.45, 7) is 6.62. The van der Waals surface area contributed by atoms with Crippen LogP contribution in [-0.4, -0.2) is 37.2 Å². The zero-order valence-corrected chi connectivity index (χ0v) is 50.5. The van der Waals surface area contributed by atoms with Gasteiger partial charge in [0.1, 0.15) is 13.2 Å². The fourth-order valence-electron chi connectivity index (χ4n) is 9.42. The van der Waals surface area contributed by atoms with E-state index in [2.05, 4.69) is 93.7 Å². The third kappa shape index (κ3) is 61.7. The van der Waals surface area contributed by atoms with Crippen molar-refractivity contribution >= 4 is 17.9 Å². The zero-order valence-electron chi connectivity index (χ0n) is 50.5. The molecule has 440 valence electrons. The highest BCUT2D eigenvalue weighted by Crippen LogP contribution is 2.16. The largest absolute Gasteiger partial charge is 0.462 e. The van der Waals surface area contributed by atoms with E-state index < -0.39 is 6.10 Å². The van der Waals surface area contributed by atoms with Gasteiger partial charge in [0.05, 0.1) is 0 Å². The van der Waals surface area contributed by atoms with Gasteiger partial charge in [-0.3, -0.25) is 14.4 Å². The van der Waals surface area contributed by atoms with Gasteiger partial charge in [-0.05, 0) is 116 Å². The van der Waals surface area contributed by atoms with E-state index >= 15 is 0 Å². The van der Waals surface area contributed by atoms with Crippen LogP contribution >= 0.6 is 0 Å². The molecule has 76 heavy (non-hydrogen) atoms. The molecule has 0 radical (unpaired) electrons. The second-order valence-electron chi connectivity index (χ2n) is 22.0. The molecule has 0 aliphatic rings. The van der Waals surface area contributed by atoms with Crippen molar-refractivity contribution in [2.24, 2.45) is 0 Å². The van der Waals surface area contributed by atoms with Gasteiger partial charge in [-0.1, -0.05) is 273 Å². The van der Waals surface area contributed by atoms with Crippen molar-refractivity contribution in [2.45, 2.75) is 341 Å². The van der Waals surface area contributed by atoms with Crippen LogP contribution in [0.3, 0.4) is 0 Å². The molecule has 0 aliphatic carbocycles. The molecule has 0 fully saturated rings. The Kier molecular flexibility index (Phi) is 61.7. The summed E-state index contributed by atoms with van der Waals surface area (Å²) in [6, 6.07) is 0. The zero-order chi connectivity index (χ0) is 55.0. The number of carbonyl (C=O) groups excluding carboxylic acids is 3. The van der Waals surface area contributed by atoms with Gasteiger partial charge in [0.25, 0.3) is 0 Å². The van der Waals surface area contributed by atoms with E-state index in [1.54, 1.807) is 0 Å². The summed E-state index contributed by atoms with van der Waals surface area (Å²) in [5.41, 5.74) is 0. The van der Waals surface area contributed by atoms with E-state index in [0.717, 1.165) is 89.9 Å². The van der Waals surface area contributed by atoms with E-state index in [1.165, 1.54) is 205 Å². The lowest BCUT2D eigenvalue weighted by molar-refractivity contribution is -0.167. The molecule has 0 aliphatic heterocycles. The van der Waals surface area contributed by atoms with Gasteiger partial charge in [-0.25, -0.2) is 0 Å². The van der Waals surface area contributed by atoms with Crippen LogP contribution in [0, 0.1) is 0 Å². The smallest absolute Gasteiger partial charge is 0.306 e. The lowest BCUT2D eigenvalue weighted by Crippen LogP contribution is -2.30. The first-order valence-electron chi connectivity index (χ1n) is 32.9. The average Bonchev–Trinajstić information content (AvgIpc) is 3.42. The van der Waals surface area contributed by atoms with Gasteiger partial charge in [0, 0.05) is 19.3 Å². The Morgan fingerprint density at radius 3 is 0.776 bits per heavy atom. The molecule has 0 heterocycles. The summed E-state index contributed by atoms with van der Waals surface area (Å²) in [5, 5.41) is 0. The summed E-state index contributed by atoms with van der Waals surface area (Å²) in [6.07, 6.45) is 83.4. The van der Waals surface area contributed by atoms with Crippen molar-refractivity contribution in [3.63, 3.8) is 0 Å². The van der Waals surface area contributed by atoms with E-state index in [4.69, 9.17) is 14.2 Å². The molecule has 0 spiro atoms. The maximum Gasteiger partial charge on any atom is 0.306 e. The van der Waals surface area contributed by atoms with Gasteiger partial charge in [0.15, 0.2) is 6.10 Å². The number of hydrogen-bond donors (Lipinski definition) is 0. The van der Waals surface area contributed by atoms with Crippen LogP contribution in [0.4, 0.5) is 0 Å². The number of carbonyl (C=O) groups is 3. The monoisotopic (exact) mass is 1060 g/mol. The predicted octanol–water partition coefficient (Wildman–Crippen LogP) is 22.5. The molecule has 0 aromatic rings. The average molecular weight is 1060 g/mol. The molecule has 0 bridgehead atoms. The van der Waals surface area contributed by atoms with E-state index in [0.29, 0.717) is 19.3 Å². The third-order valence-electron chi connectivity index (χ3n) is 14.4. The Hall–Kier alpha value is -3.15. The van der Waals surface area contributed by atoms with Crippen LogP contribution in [0.5, 0.6) is 0 Å². The normalized spacial score (nSPS) is 12.5. The van der Waals surface area contributed by atoms with Crippen molar-refractivity contribution in [3.8, 4) is 0 Å². The summed E-state index contributed by atoms with van der Waals surface area (Å²) in [7, 11) is 0. The van der Waals surface area contributed by atoms with Crippen LogP contribution in [0.2, 0.25) is 0 Å². The van der Waals surface area contributed by atoms with Gasteiger partial charge in [0.2, 0.25) is 0 Å². The molecule has 0 saturated carbocycles. The quantitative estimate of drug-likeness (QED) is 0.0261. The molecule has 0 amide bonds. The number of rotatable bonds is 60. The number of esters is 3. The summed E-state index contributed by atoms with van der Waals surface area (Å²) >= 11 is 0. The number of hydrogen-bond acceptors (Lipinski definition) is 6. The van der Waals surface area contributed by atoms with Crippen molar-refractivity contribution in [1.82, 2.24) is 0 Å². The second kappa shape index (κ2) is 64.4. The molecule has 6 heteroatoms. The standard InChI is InChI=1S/C70H124O6/c1-4-7-10-13-16-19-22-25-27-29-31-33-35-37-39-41-43-45-48-51-54-57-60-63-69(72)75-66-67(65-74-68(71)62-59-56-53-50-47-24-21-18-15-12-9-6-3)76-70(73)64-61-58-55-52-49-46-44-42-40-38-36-34-32-30-28-26-23-20-17-14-11-8-5-2/h18,21-23,25-26,29-32,35,37,67H,4-17,19-20,24,27-28,33-34,36,38-66H2,1-3H3/b21-18-,25-22-,26-23-,31-29-,32-30-,37-35-. The first-order chi connectivity index (χ1) is 37.5. The first-order valence-corrected chi connectivity index (χ1v) is 32.9. The Labute approximate surface area is 472 Å². The Morgan fingerprint density at radius 2 is 0.474 bits per heavy atom. The van der Waals surface area contributed by atoms with Gasteiger partial charge < -0.3 is 14.2 Å². The highest BCUT2D eigenvalue weighted by Gasteiger charge is 2.19. The van der Waals surface area contributed by atoms with Crippen molar-refractivity contribution in [2.75, 3.05) is 13.2 Å². The molecule has 0 rings (SSSR count). The van der Waals surface area contributed by atoms with Gasteiger partial charge >= 0.3 is 17.9 Å². The number of unbranched alkanes of at least 4 members (excludes halogenated alkanes) is 37. The van der Waals surface area contributed by atoms with Crippen molar-refractivity contribution in [1.29, 1.82) is 0 Å². The molecule has 0 saturated heterocycles. The number of ether oxygens (including phenoxy) is 3. The van der Waals surface area contributed by atoms with Crippen LogP contribution in [0.15, 0.2) is 72.9 Å². The lowest BCUT2D eigenvalue weighted by atomic mass is 10.0. The second-order valence-corrected chi connectivity index (χ2v) is 22.0. The van der Waals surface area contributed by atoms with Crippen molar-refractivity contribution < 1.29 is 28.6 Å². The summed E-state index contributed by atoms with van der Waals surface area (Å²) in [5.74, 6) is -0.885. The van der Waals surface area contributed by atoms with Crippen molar-refractivity contribution in [3.05, 3.63) is 72.9 Å². The Bertz CT molecular complexity index is 1400. The topological polar surface area (TPSA) is 78.9 Å². The first kappa shape index (κ1) is 72.8. The maximum atomic E-state index is 12.9. The molecule has 0 aromatic heterocycles. The fourth-order valence-corrected chi connectivity index (χ4v) is 9.42. The predicted molar refractivity (Wildman–Crippen MR) is 330 cm³/mol. The molecule has 0 N–H and O–H groups in total. The minimum atomic E-state index is -0.784. The van der Waals surface area contributed by atoms with Gasteiger partial charge in [-0.15, -0.1) is 0 Å². The SMILES string of the molecule is CCCCC/C=C\CCCCCCCC(=O)OCC(COC(=O)CCCCCCCCCC/C=C\C/C=C\C/C=C\CCCCCCC)OC(=O)CCCCCCCCCCCCC/C=C\C/C=C\CCCCCCC. The van der Waals surface area contributed by atoms with Gasteiger partial charge in [-0.2, -0.15) is 0 Å². The van der Waals surface area contributed by atoms with E-state index in [1.807, 2.05) is 0 Å². The minimum Gasteiger partial charge on any atom is -0.462 e. The highest BCUT2D eigenvalue weighted by molar-refractivity contribution is 5.71. The third-order valence-corrected chi connectivity index (χ3v) is 14.4. The summed E-state index contributed by atoms with van der Waals surface area (Å²) in [4.78, 5) is 38.3.